The van der Waals surface area contributed by atoms with Crippen molar-refractivity contribution >= 4 is 33.2 Å². The maximum atomic E-state index is 13.6. The Morgan fingerprint density at radius 3 is 2.65 bits per heavy atom. The summed E-state index contributed by atoms with van der Waals surface area (Å²) >= 11 is 6.10. The van der Waals surface area contributed by atoms with E-state index >= 15 is 0 Å². The highest BCUT2D eigenvalue weighted by Crippen LogP contribution is 2.28. The van der Waals surface area contributed by atoms with Crippen molar-refractivity contribution in [1.82, 2.24) is 14.8 Å². The van der Waals surface area contributed by atoms with Gasteiger partial charge in [0.1, 0.15) is 10.7 Å². The second-order valence-electron chi connectivity index (χ2n) is 7.51. The second-order valence-corrected chi connectivity index (χ2v) is 9.45. The van der Waals surface area contributed by atoms with E-state index in [1.807, 2.05) is 0 Å². The molecule has 2 aromatic heterocycles. The van der Waals surface area contributed by atoms with Gasteiger partial charge in [-0.25, -0.2) is 22.6 Å². The summed E-state index contributed by atoms with van der Waals surface area (Å²) in [5.41, 5.74) is 2.64. The third-order valence-electron chi connectivity index (χ3n) is 5.02. The van der Waals surface area contributed by atoms with E-state index in [-0.39, 0.29) is 28.6 Å². The summed E-state index contributed by atoms with van der Waals surface area (Å²) in [6, 6.07) is 12.5. The number of hydrogen-bond acceptors (Lipinski definition) is 5. The minimum Gasteiger partial charge on any atom is -0.326 e. The molecule has 0 spiro atoms. The van der Waals surface area contributed by atoms with E-state index in [4.69, 9.17) is 16.7 Å². The van der Waals surface area contributed by atoms with Gasteiger partial charge in [0.2, 0.25) is 15.9 Å². The fourth-order valence-electron chi connectivity index (χ4n) is 3.45. The first-order valence-corrected chi connectivity index (χ1v) is 11.9. The first-order chi connectivity index (χ1) is 16.1. The van der Waals surface area contributed by atoms with Crippen LogP contribution in [0.4, 0.5) is 10.1 Å². The van der Waals surface area contributed by atoms with Crippen LogP contribution in [0.3, 0.4) is 0 Å². The molecule has 34 heavy (non-hydrogen) atoms. The lowest BCUT2D eigenvalue weighted by atomic mass is 10.1. The zero-order valence-electron chi connectivity index (χ0n) is 17.9. The van der Waals surface area contributed by atoms with Crippen LogP contribution in [-0.2, 0) is 21.2 Å². The lowest BCUT2D eigenvalue weighted by Crippen LogP contribution is -2.18. The van der Waals surface area contributed by atoms with Gasteiger partial charge in [-0.2, -0.15) is 5.10 Å². The Balaban J connectivity index is 1.67. The Hall–Kier alpha value is -3.60. The van der Waals surface area contributed by atoms with Crippen LogP contribution in [0.5, 0.6) is 0 Å². The maximum absolute atomic E-state index is 13.6. The number of aryl methyl sites for hydroxylation is 1. The molecule has 0 saturated carbocycles. The van der Waals surface area contributed by atoms with Gasteiger partial charge in [-0.05, 0) is 42.8 Å². The minimum atomic E-state index is -4.19. The zero-order valence-corrected chi connectivity index (χ0v) is 19.4. The number of carbonyl (C=O) groups is 1. The van der Waals surface area contributed by atoms with Crippen molar-refractivity contribution in [3.8, 4) is 16.8 Å². The van der Waals surface area contributed by atoms with Crippen LogP contribution in [0.15, 0.2) is 72.0 Å². The molecule has 0 bridgehead atoms. The molecule has 0 aliphatic heterocycles. The van der Waals surface area contributed by atoms with Gasteiger partial charge >= 0.3 is 0 Å². The topological polar surface area (TPSA) is 120 Å². The number of halogens is 2. The number of nitrogens with two attached hydrogens (primary N) is 1. The van der Waals surface area contributed by atoms with Crippen LogP contribution in [0.1, 0.15) is 11.3 Å². The first kappa shape index (κ1) is 23.6. The number of sulfonamides is 1. The molecule has 8 nitrogen and oxygen atoms in total. The van der Waals surface area contributed by atoms with Crippen molar-refractivity contribution < 1.29 is 17.6 Å². The van der Waals surface area contributed by atoms with Crippen molar-refractivity contribution in [2.24, 2.45) is 5.14 Å². The molecule has 174 valence electrons. The molecule has 2 heterocycles. The number of hydrogen-bond donors (Lipinski definition) is 2. The number of rotatable bonds is 6. The number of nitrogens with one attached hydrogen (secondary N) is 1. The summed E-state index contributed by atoms with van der Waals surface area (Å²) in [6.45, 7) is 1.71. The molecule has 2 aromatic carbocycles. The minimum absolute atomic E-state index is 0.00944. The van der Waals surface area contributed by atoms with Crippen LogP contribution in [0, 0.1) is 12.7 Å². The summed E-state index contributed by atoms with van der Waals surface area (Å²) in [6.07, 6.45) is 4.14. The van der Waals surface area contributed by atoms with Crippen molar-refractivity contribution in [3.05, 3.63) is 89.2 Å². The quantitative estimate of drug-likeness (QED) is 0.417. The highest BCUT2D eigenvalue weighted by atomic mass is 35.5. The molecule has 4 aromatic rings. The molecule has 0 aliphatic rings. The standard InChI is InChI=1S/C23H19ClFN5O3S/c1-14-19(16-8-17(25)12-27-11-16)13-30(29-14)21-7-6-18(10-22(21)34(26,32)33)28-23(31)9-15-4-2-3-5-20(15)24/h2-8,10-13H,9H2,1H3,(H,28,31)(H2,26,32,33). The van der Waals surface area contributed by atoms with Gasteiger partial charge in [0.25, 0.3) is 0 Å². The smallest absolute Gasteiger partial charge is 0.240 e. The summed E-state index contributed by atoms with van der Waals surface area (Å²) in [5.74, 6) is -0.885. The van der Waals surface area contributed by atoms with Gasteiger partial charge < -0.3 is 5.32 Å². The number of primary sulfonamides is 1. The molecule has 1 amide bonds. The van der Waals surface area contributed by atoms with Crippen LogP contribution in [0.2, 0.25) is 5.02 Å². The van der Waals surface area contributed by atoms with Crippen molar-refractivity contribution in [2.45, 2.75) is 18.2 Å². The van der Waals surface area contributed by atoms with Gasteiger partial charge in [-0.1, -0.05) is 29.8 Å². The lowest BCUT2D eigenvalue weighted by Gasteiger charge is -2.12. The van der Waals surface area contributed by atoms with Gasteiger partial charge in [0.15, 0.2) is 0 Å². The summed E-state index contributed by atoms with van der Waals surface area (Å²) < 4.78 is 39.7. The van der Waals surface area contributed by atoms with Crippen LogP contribution < -0.4 is 10.5 Å². The van der Waals surface area contributed by atoms with E-state index in [1.54, 1.807) is 37.4 Å². The Kier molecular flexibility index (Phi) is 6.47. The summed E-state index contributed by atoms with van der Waals surface area (Å²) in [4.78, 5) is 16.1. The lowest BCUT2D eigenvalue weighted by molar-refractivity contribution is -0.115. The van der Waals surface area contributed by atoms with Crippen LogP contribution in [0.25, 0.3) is 16.8 Å². The first-order valence-electron chi connectivity index (χ1n) is 9.99. The molecule has 0 atom stereocenters. The van der Waals surface area contributed by atoms with Gasteiger partial charge in [-0.3, -0.25) is 9.78 Å². The fraction of sp³-hybridized carbons (Fsp3) is 0.0870. The fourth-order valence-corrected chi connectivity index (χ4v) is 4.40. The predicted molar refractivity (Wildman–Crippen MR) is 127 cm³/mol. The van der Waals surface area contributed by atoms with Crippen molar-refractivity contribution in [3.63, 3.8) is 0 Å². The number of carbonyl (C=O) groups excluding carboxylic acids is 1. The molecule has 0 saturated heterocycles. The average Bonchev–Trinajstić information content (AvgIpc) is 3.16. The van der Waals surface area contributed by atoms with E-state index in [1.165, 1.54) is 35.1 Å². The molecule has 0 fully saturated rings. The molecule has 0 unspecified atom stereocenters. The van der Waals surface area contributed by atoms with E-state index in [2.05, 4.69) is 15.4 Å². The second kappa shape index (κ2) is 9.34. The third kappa shape index (κ3) is 5.14. The summed E-state index contributed by atoms with van der Waals surface area (Å²) in [7, 11) is -4.19. The van der Waals surface area contributed by atoms with E-state index in [9.17, 15) is 17.6 Å². The Bertz CT molecular complexity index is 1500. The molecule has 11 heteroatoms. The molecule has 0 radical (unpaired) electrons. The highest BCUT2D eigenvalue weighted by molar-refractivity contribution is 7.89. The molecular weight excluding hydrogens is 481 g/mol. The monoisotopic (exact) mass is 499 g/mol. The number of nitrogens with zero attached hydrogens (tertiary/aromatic N) is 3. The Morgan fingerprint density at radius 1 is 1.18 bits per heavy atom. The van der Waals surface area contributed by atoms with E-state index in [0.29, 0.717) is 27.4 Å². The highest BCUT2D eigenvalue weighted by Gasteiger charge is 2.20. The van der Waals surface area contributed by atoms with Crippen molar-refractivity contribution in [1.29, 1.82) is 0 Å². The van der Waals surface area contributed by atoms with E-state index in [0.717, 1.165) is 6.20 Å². The van der Waals surface area contributed by atoms with Crippen LogP contribution >= 0.6 is 11.6 Å². The number of benzene rings is 2. The third-order valence-corrected chi connectivity index (χ3v) is 6.33. The predicted octanol–water partition coefficient (Wildman–Crippen LogP) is 3.86. The van der Waals surface area contributed by atoms with E-state index < -0.39 is 15.8 Å². The zero-order chi connectivity index (χ0) is 24.5. The SMILES string of the molecule is Cc1nn(-c2ccc(NC(=O)Cc3ccccc3Cl)cc2S(N)(=O)=O)cc1-c1cncc(F)c1. The van der Waals surface area contributed by atoms with Crippen LogP contribution in [-0.4, -0.2) is 29.1 Å². The normalized spacial score (nSPS) is 11.4. The number of pyridine rings is 1. The maximum Gasteiger partial charge on any atom is 0.240 e. The number of amides is 1. The number of anilines is 1. The Labute approximate surface area is 200 Å². The largest absolute Gasteiger partial charge is 0.326 e. The molecule has 3 N–H and O–H groups in total. The average molecular weight is 500 g/mol. The van der Waals surface area contributed by atoms with Crippen molar-refractivity contribution in [2.75, 3.05) is 5.32 Å². The summed E-state index contributed by atoms with van der Waals surface area (Å²) in [5, 5.41) is 12.9. The molecule has 4 rings (SSSR count). The van der Waals surface area contributed by atoms with Gasteiger partial charge in [-0.15, -0.1) is 0 Å². The molecular formula is C23H19ClFN5O3S. The Morgan fingerprint density at radius 2 is 1.94 bits per heavy atom. The molecule has 0 aliphatic carbocycles. The van der Waals surface area contributed by atoms with Gasteiger partial charge in [0, 0.05) is 34.2 Å². The number of aromatic nitrogens is 3. The van der Waals surface area contributed by atoms with Gasteiger partial charge in [0.05, 0.1) is 24.0 Å².